The van der Waals surface area contributed by atoms with Gasteiger partial charge in [-0.15, -0.1) is 0 Å². The zero-order chi connectivity index (χ0) is 12.1. The molecule has 0 unspecified atom stereocenters. The third-order valence-corrected chi connectivity index (χ3v) is 2.78. The van der Waals surface area contributed by atoms with Crippen molar-refractivity contribution in [3.63, 3.8) is 0 Å². The molecule has 0 aliphatic rings. The maximum Gasteiger partial charge on any atom is 0.253 e. The summed E-state index contributed by atoms with van der Waals surface area (Å²) in [5, 5.41) is 0.776. The van der Waals surface area contributed by atoms with E-state index in [1.54, 1.807) is 25.1 Å². The Morgan fingerprint density at radius 2 is 2.19 bits per heavy atom. The number of methoxy groups -OCH3 is 1. The molecule has 0 aliphatic heterocycles. The SMILES string of the molecule is COc1cc(C(=O)N(C)CCBr)ccc1C. The zero-order valence-electron chi connectivity index (χ0n) is 9.79. The summed E-state index contributed by atoms with van der Waals surface area (Å²) in [6.45, 7) is 2.64. The topological polar surface area (TPSA) is 29.5 Å². The molecule has 1 aromatic rings. The van der Waals surface area contributed by atoms with Gasteiger partial charge in [0.1, 0.15) is 5.75 Å². The van der Waals surface area contributed by atoms with E-state index in [4.69, 9.17) is 4.74 Å². The van der Waals surface area contributed by atoms with E-state index in [9.17, 15) is 4.79 Å². The first-order valence-corrected chi connectivity index (χ1v) is 6.18. The molecule has 88 valence electrons. The van der Waals surface area contributed by atoms with Gasteiger partial charge in [-0.2, -0.15) is 0 Å². The van der Waals surface area contributed by atoms with Crippen LogP contribution in [0.15, 0.2) is 18.2 Å². The summed E-state index contributed by atoms with van der Waals surface area (Å²) in [6.07, 6.45) is 0. The van der Waals surface area contributed by atoms with Crippen molar-refractivity contribution in [1.29, 1.82) is 0 Å². The van der Waals surface area contributed by atoms with Gasteiger partial charge in [-0.05, 0) is 24.6 Å². The summed E-state index contributed by atoms with van der Waals surface area (Å²) < 4.78 is 5.20. The third-order valence-electron chi connectivity index (χ3n) is 2.42. The van der Waals surface area contributed by atoms with Crippen molar-refractivity contribution in [2.24, 2.45) is 0 Å². The normalized spacial score (nSPS) is 10.0. The number of hydrogen-bond donors (Lipinski definition) is 0. The van der Waals surface area contributed by atoms with Gasteiger partial charge < -0.3 is 9.64 Å². The van der Waals surface area contributed by atoms with Crippen molar-refractivity contribution in [2.75, 3.05) is 26.0 Å². The van der Waals surface area contributed by atoms with Gasteiger partial charge in [0.05, 0.1) is 7.11 Å². The number of aryl methyl sites for hydroxylation is 1. The predicted molar refractivity (Wildman–Crippen MR) is 68.5 cm³/mol. The Morgan fingerprint density at radius 1 is 1.50 bits per heavy atom. The fraction of sp³-hybridized carbons (Fsp3) is 0.417. The highest BCUT2D eigenvalue weighted by molar-refractivity contribution is 9.09. The Kier molecular flexibility index (Phi) is 4.80. The first kappa shape index (κ1) is 13.0. The molecule has 0 N–H and O–H groups in total. The zero-order valence-corrected chi connectivity index (χ0v) is 11.4. The lowest BCUT2D eigenvalue weighted by Gasteiger charge is -2.16. The van der Waals surface area contributed by atoms with Crippen LogP contribution in [0.5, 0.6) is 5.75 Å². The van der Waals surface area contributed by atoms with Crippen molar-refractivity contribution in [1.82, 2.24) is 4.90 Å². The highest BCUT2D eigenvalue weighted by atomic mass is 79.9. The molecule has 4 heteroatoms. The Labute approximate surface area is 105 Å². The maximum absolute atomic E-state index is 12.0. The number of alkyl halides is 1. The molecular weight excluding hydrogens is 270 g/mol. The number of rotatable bonds is 4. The van der Waals surface area contributed by atoms with Gasteiger partial charge >= 0.3 is 0 Å². The molecule has 0 saturated carbocycles. The number of carbonyl (C=O) groups excluding carboxylic acids is 1. The largest absolute Gasteiger partial charge is 0.496 e. The molecule has 3 nitrogen and oxygen atoms in total. The Bertz CT molecular complexity index is 379. The van der Waals surface area contributed by atoms with E-state index in [1.165, 1.54) is 0 Å². The van der Waals surface area contributed by atoms with E-state index in [0.29, 0.717) is 12.1 Å². The molecule has 0 fully saturated rings. The minimum Gasteiger partial charge on any atom is -0.496 e. The lowest BCUT2D eigenvalue weighted by atomic mass is 10.1. The van der Waals surface area contributed by atoms with E-state index in [2.05, 4.69) is 15.9 Å². The highest BCUT2D eigenvalue weighted by Gasteiger charge is 2.12. The van der Waals surface area contributed by atoms with E-state index < -0.39 is 0 Å². The second-order valence-corrected chi connectivity index (χ2v) is 4.39. The Balaban J connectivity index is 2.92. The minimum absolute atomic E-state index is 0.0118. The molecule has 16 heavy (non-hydrogen) atoms. The molecule has 1 rings (SSSR count). The van der Waals surface area contributed by atoms with Gasteiger partial charge in [-0.25, -0.2) is 0 Å². The Hall–Kier alpha value is -1.03. The minimum atomic E-state index is 0.0118. The highest BCUT2D eigenvalue weighted by Crippen LogP contribution is 2.19. The molecule has 1 aromatic carbocycles. The second kappa shape index (κ2) is 5.89. The van der Waals surface area contributed by atoms with Gasteiger partial charge in [0.2, 0.25) is 0 Å². The van der Waals surface area contributed by atoms with Crippen molar-refractivity contribution in [3.8, 4) is 5.75 Å². The van der Waals surface area contributed by atoms with Gasteiger partial charge in [-0.1, -0.05) is 22.0 Å². The second-order valence-electron chi connectivity index (χ2n) is 3.60. The third kappa shape index (κ3) is 2.98. The summed E-state index contributed by atoms with van der Waals surface area (Å²) in [5.41, 5.74) is 1.69. The van der Waals surface area contributed by atoms with Crippen LogP contribution in [-0.4, -0.2) is 36.8 Å². The van der Waals surface area contributed by atoms with Crippen LogP contribution in [0.4, 0.5) is 0 Å². The molecule has 0 aliphatic carbocycles. The standard InChI is InChI=1S/C12H16BrNO2/c1-9-4-5-10(8-11(9)16-3)12(15)14(2)7-6-13/h4-5,8H,6-7H2,1-3H3. The number of benzene rings is 1. The number of hydrogen-bond acceptors (Lipinski definition) is 2. The van der Waals surface area contributed by atoms with Crippen molar-refractivity contribution < 1.29 is 9.53 Å². The molecule has 0 saturated heterocycles. The van der Waals surface area contributed by atoms with Gasteiger partial charge in [0.25, 0.3) is 5.91 Å². The molecule has 0 aromatic heterocycles. The van der Waals surface area contributed by atoms with E-state index in [0.717, 1.165) is 16.6 Å². The van der Waals surface area contributed by atoms with E-state index in [-0.39, 0.29) is 5.91 Å². The van der Waals surface area contributed by atoms with Crippen LogP contribution in [-0.2, 0) is 0 Å². The quantitative estimate of drug-likeness (QED) is 0.796. The lowest BCUT2D eigenvalue weighted by Crippen LogP contribution is -2.28. The van der Waals surface area contributed by atoms with Crippen LogP contribution in [0.3, 0.4) is 0 Å². The summed E-state index contributed by atoms with van der Waals surface area (Å²) in [7, 11) is 3.40. The maximum atomic E-state index is 12.0. The van der Waals surface area contributed by atoms with Gasteiger partial charge in [0, 0.05) is 24.5 Å². The molecule has 1 amide bonds. The van der Waals surface area contributed by atoms with E-state index >= 15 is 0 Å². The van der Waals surface area contributed by atoms with Crippen molar-refractivity contribution in [2.45, 2.75) is 6.92 Å². The number of carbonyl (C=O) groups is 1. The van der Waals surface area contributed by atoms with Crippen LogP contribution >= 0.6 is 15.9 Å². The summed E-state index contributed by atoms with van der Waals surface area (Å²) >= 11 is 3.31. The monoisotopic (exact) mass is 285 g/mol. The first-order chi connectivity index (χ1) is 7.60. The molecule has 0 heterocycles. The average molecular weight is 286 g/mol. The fourth-order valence-corrected chi connectivity index (χ4v) is 1.93. The summed E-state index contributed by atoms with van der Waals surface area (Å²) in [6, 6.07) is 5.50. The number of amides is 1. The number of halogens is 1. The predicted octanol–water partition coefficient (Wildman–Crippen LogP) is 2.47. The number of nitrogens with zero attached hydrogens (tertiary/aromatic N) is 1. The van der Waals surface area contributed by atoms with Gasteiger partial charge in [-0.3, -0.25) is 4.79 Å². The van der Waals surface area contributed by atoms with Crippen molar-refractivity contribution >= 4 is 21.8 Å². The number of ether oxygens (including phenoxy) is 1. The lowest BCUT2D eigenvalue weighted by molar-refractivity contribution is 0.0803. The summed E-state index contributed by atoms with van der Waals surface area (Å²) in [5.74, 6) is 0.760. The molecule has 0 spiro atoms. The van der Waals surface area contributed by atoms with Crippen LogP contribution in [0.25, 0.3) is 0 Å². The Morgan fingerprint density at radius 3 is 2.75 bits per heavy atom. The first-order valence-electron chi connectivity index (χ1n) is 5.06. The van der Waals surface area contributed by atoms with Crippen LogP contribution < -0.4 is 4.74 Å². The molecule has 0 atom stereocenters. The molecular formula is C12H16BrNO2. The smallest absolute Gasteiger partial charge is 0.253 e. The fourth-order valence-electron chi connectivity index (χ4n) is 1.40. The summed E-state index contributed by atoms with van der Waals surface area (Å²) in [4.78, 5) is 13.6. The van der Waals surface area contributed by atoms with E-state index in [1.807, 2.05) is 19.1 Å². The van der Waals surface area contributed by atoms with Crippen LogP contribution in [0, 0.1) is 6.92 Å². The van der Waals surface area contributed by atoms with Crippen molar-refractivity contribution in [3.05, 3.63) is 29.3 Å². The molecule has 0 bridgehead atoms. The van der Waals surface area contributed by atoms with Crippen LogP contribution in [0.2, 0.25) is 0 Å². The van der Waals surface area contributed by atoms with Crippen LogP contribution in [0.1, 0.15) is 15.9 Å². The van der Waals surface area contributed by atoms with Gasteiger partial charge in [0.15, 0.2) is 0 Å². The average Bonchev–Trinajstić information content (AvgIpc) is 2.29. The molecule has 0 radical (unpaired) electrons.